The SMILES string of the molecule is CO/N=C(\C(=O)N[C@@H]1C(=O)N2C(C(=O)[O-])=C(Cn3cc[n+]4ccc(C)cc34)CS[C@H]12)c1csc(N)n1. The van der Waals surface area contributed by atoms with E-state index in [4.69, 9.17) is 10.6 Å². The summed E-state index contributed by atoms with van der Waals surface area (Å²) >= 11 is 2.50. The number of thioether (sulfide) groups is 1. The zero-order chi connectivity index (χ0) is 25.6. The third-order valence-electron chi connectivity index (χ3n) is 5.87. The van der Waals surface area contributed by atoms with Crippen molar-refractivity contribution in [2.45, 2.75) is 24.9 Å². The molecule has 3 aromatic heterocycles. The number of fused-ring (bicyclic) bond motifs is 2. The second-order valence-corrected chi connectivity index (χ2v) is 10.2. The first-order valence-corrected chi connectivity index (χ1v) is 12.7. The van der Waals surface area contributed by atoms with E-state index in [2.05, 4.69) is 15.5 Å². The van der Waals surface area contributed by atoms with Crippen molar-refractivity contribution in [3.8, 4) is 0 Å². The summed E-state index contributed by atoms with van der Waals surface area (Å²) in [6.07, 6.45) is 5.66. The van der Waals surface area contributed by atoms with E-state index in [0.717, 1.165) is 22.5 Å². The molecule has 0 saturated carbocycles. The van der Waals surface area contributed by atoms with Crippen molar-refractivity contribution >= 4 is 57.4 Å². The molecule has 14 heteroatoms. The van der Waals surface area contributed by atoms with Crippen LogP contribution in [0.3, 0.4) is 0 Å². The Morgan fingerprint density at radius 1 is 1.42 bits per heavy atom. The van der Waals surface area contributed by atoms with Crippen molar-refractivity contribution in [2.75, 3.05) is 18.6 Å². The predicted molar refractivity (Wildman–Crippen MR) is 129 cm³/mol. The summed E-state index contributed by atoms with van der Waals surface area (Å²) in [7, 11) is 1.28. The molecule has 1 fully saturated rings. The number of anilines is 1. The maximum atomic E-state index is 13.0. The van der Waals surface area contributed by atoms with Crippen molar-refractivity contribution in [3.05, 3.63) is 58.6 Å². The fraction of sp³-hybridized carbons (Fsp3) is 0.273. The van der Waals surface area contributed by atoms with Gasteiger partial charge in [0.05, 0.1) is 17.9 Å². The summed E-state index contributed by atoms with van der Waals surface area (Å²) in [5, 5.41) is 19.7. The van der Waals surface area contributed by atoms with E-state index in [1.165, 1.54) is 23.8 Å². The number of aromatic nitrogens is 3. The number of β-lactam (4-membered cyclic amide) rings is 1. The Kier molecular flexibility index (Phi) is 6.14. The number of oxime groups is 1. The molecule has 186 valence electrons. The first kappa shape index (κ1) is 23.8. The lowest BCUT2D eigenvalue weighted by Crippen LogP contribution is -2.71. The Morgan fingerprint density at radius 3 is 2.92 bits per heavy atom. The average molecular weight is 528 g/mol. The van der Waals surface area contributed by atoms with Gasteiger partial charge in [0.2, 0.25) is 0 Å². The van der Waals surface area contributed by atoms with E-state index in [0.29, 0.717) is 11.3 Å². The minimum Gasteiger partial charge on any atom is -0.543 e. The van der Waals surface area contributed by atoms with Crippen LogP contribution in [0.5, 0.6) is 0 Å². The molecule has 36 heavy (non-hydrogen) atoms. The van der Waals surface area contributed by atoms with E-state index in [1.807, 2.05) is 46.6 Å². The Balaban J connectivity index is 1.38. The van der Waals surface area contributed by atoms with Crippen LogP contribution in [0.15, 0.2) is 52.5 Å². The largest absolute Gasteiger partial charge is 0.543 e. The third kappa shape index (κ3) is 4.07. The van der Waals surface area contributed by atoms with Crippen molar-refractivity contribution in [2.24, 2.45) is 5.16 Å². The van der Waals surface area contributed by atoms with Crippen LogP contribution >= 0.6 is 23.1 Å². The van der Waals surface area contributed by atoms with Crippen molar-refractivity contribution in [1.82, 2.24) is 19.8 Å². The number of carbonyl (C=O) groups excluding carboxylic acids is 3. The number of rotatable bonds is 7. The molecule has 0 aromatic carbocycles. The first-order valence-electron chi connectivity index (χ1n) is 10.8. The maximum Gasteiger partial charge on any atom is 0.286 e. The van der Waals surface area contributed by atoms with Gasteiger partial charge in [-0.05, 0) is 18.6 Å². The van der Waals surface area contributed by atoms with Crippen LogP contribution in [0.1, 0.15) is 11.3 Å². The quantitative estimate of drug-likeness (QED) is 0.172. The summed E-state index contributed by atoms with van der Waals surface area (Å²) in [5.41, 5.74) is 8.06. The number of nitrogen functional groups attached to an aromatic ring is 1. The molecular weight excluding hydrogens is 506 g/mol. The van der Waals surface area contributed by atoms with Gasteiger partial charge in [0.25, 0.3) is 17.5 Å². The summed E-state index contributed by atoms with van der Waals surface area (Å²) < 4.78 is 3.85. The van der Waals surface area contributed by atoms with Crippen molar-refractivity contribution in [1.29, 1.82) is 0 Å². The number of carbonyl (C=O) groups is 3. The number of imidazole rings is 1. The third-order valence-corrected chi connectivity index (χ3v) is 7.88. The Hall–Kier alpha value is -3.91. The molecule has 3 aromatic rings. The van der Waals surface area contributed by atoms with E-state index < -0.39 is 29.2 Å². The van der Waals surface area contributed by atoms with Gasteiger partial charge in [0, 0.05) is 22.8 Å². The highest BCUT2D eigenvalue weighted by Crippen LogP contribution is 2.40. The number of aryl methyl sites for hydroxylation is 1. The van der Waals surface area contributed by atoms with Gasteiger partial charge in [-0.1, -0.05) is 5.16 Å². The molecule has 0 spiro atoms. The van der Waals surface area contributed by atoms with Crippen molar-refractivity contribution < 1.29 is 28.7 Å². The van der Waals surface area contributed by atoms with Crippen LogP contribution in [-0.2, 0) is 25.8 Å². The topological polar surface area (TPSA) is 159 Å². The van der Waals surface area contributed by atoms with Gasteiger partial charge in [-0.15, -0.1) is 23.1 Å². The molecule has 5 rings (SSSR count). The van der Waals surface area contributed by atoms with Gasteiger partial charge in [0.15, 0.2) is 10.8 Å². The van der Waals surface area contributed by atoms with Crippen LogP contribution in [0, 0.1) is 6.92 Å². The first-order chi connectivity index (χ1) is 17.3. The maximum absolute atomic E-state index is 13.0. The van der Waals surface area contributed by atoms with Gasteiger partial charge < -0.3 is 25.8 Å². The van der Waals surface area contributed by atoms with E-state index in [-0.39, 0.29) is 28.8 Å². The fourth-order valence-electron chi connectivity index (χ4n) is 4.22. The highest BCUT2D eigenvalue weighted by Gasteiger charge is 2.53. The number of hydrogen-bond acceptors (Lipinski definition) is 10. The Labute approximate surface area is 213 Å². The number of aliphatic carboxylic acids is 1. The second kappa shape index (κ2) is 9.28. The van der Waals surface area contributed by atoms with Crippen LogP contribution in [0.4, 0.5) is 5.13 Å². The van der Waals surface area contributed by atoms with E-state index in [1.54, 1.807) is 5.38 Å². The number of thiazole rings is 1. The molecule has 0 aliphatic carbocycles. The van der Waals surface area contributed by atoms with Gasteiger partial charge >= 0.3 is 0 Å². The molecule has 0 radical (unpaired) electrons. The molecule has 2 aliphatic heterocycles. The minimum atomic E-state index is -1.44. The highest BCUT2D eigenvalue weighted by molar-refractivity contribution is 8.00. The minimum absolute atomic E-state index is 0.138. The number of carboxylic acids is 1. The summed E-state index contributed by atoms with van der Waals surface area (Å²) in [5.74, 6) is -2.32. The zero-order valence-electron chi connectivity index (χ0n) is 19.2. The number of pyridine rings is 1. The fourth-order valence-corrected chi connectivity index (χ4v) is 6.10. The summed E-state index contributed by atoms with van der Waals surface area (Å²) in [6, 6.07) is 3.03. The lowest BCUT2D eigenvalue weighted by molar-refractivity contribution is -0.510. The lowest BCUT2D eigenvalue weighted by Gasteiger charge is -2.50. The monoisotopic (exact) mass is 527 g/mol. The molecule has 2 amide bonds. The second-order valence-electron chi connectivity index (χ2n) is 8.19. The molecule has 3 N–H and O–H groups in total. The van der Waals surface area contributed by atoms with Crippen LogP contribution < -0.4 is 20.6 Å². The van der Waals surface area contributed by atoms with Crippen LogP contribution in [-0.4, -0.2) is 62.2 Å². The van der Waals surface area contributed by atoms with Crippen LogP contribution in [0.25, 0.3) is 5.65 Å². The number of nitrogens with one attached hydrogen (secondary N) is 1. The number of hydrogen-bond donors (Lipinski definition) is 2. The lowest BCUT2D eigenvalue weighted by atomic mass is 10.0. The van der Waals surface area contributed by atoms with E-state index >= 15 is 0 Å². The predicted octanol–water partition coefficient (Wildman–Crippen LogP) is -0.971. The zero-order valence-corrected chi connectivity index (χ0v) is 20.8. The standard InChI is InChI=1S/C22H21N7O5S2/c1-11-3-4-27-5-6-28(14(27)7-11)8-12-9-35-20-16(19(31)29(20)17(12)21(32)33)25-18(30)15(26-34-2)13-10-36-22(23)24-13/h3-7,10,16,20H,8-9H2,1-2H3,(H3-,23,24,25,30,32,33)/b26-15-/t16-,20-/m1/s1. The van der Waals surface area contributed by atoms with Crippen LogP contribution in [0.2, 0.25) is 0 Å². The molecule has 12 nitrogen and oxygen atoms in total. The number of amides is 2. The normalized spacial score (nSPS) is 19.8. The molecule has 1 saturated heterocycles. The summed E-state index contributed by atoms with van der Waals surface area (Å²) in [6.45, 7) is 2.25. The summed E-state index contributed by atoms with van der Waals surface area (Å²) in [4.78, 5) is 48.0. The smallest absolute Gasteiger partial charge is 0.286 e. The molecule has 2 atom stereocenters. The average Bonchev–Trinajstić information content (AvgIpc) is 3.46. The van der Waals surface area contributed by atoms with Crippen molar-refractivity contribution in [3.63, 3.8) is 0 Å². The molecular formula is C22H21N7O5S2. The molecule has 0 bridgehead atoms. The number of carboxylic acid groups (broad SMARTS) is 1. The Morgan fingerprint density at radius 2 is 2.22 bits per heavy atom. The van der Waals surface area contributed by atoms with Gasteiger partial charge in [0.1, 0.15) is 43.2 Å². The highest BCUT2D eigenvalue weighted by atomic mass is 32.2. The van der Waals surface area contributed by atoms with E-state index in [9.17, 15) is 19.5 Å². The number of nitrogens with zero attached hydrogens (tertiary/aromatic N) is 5. The molecule has 2 aliphatic rings. The number of nitrogens with two attached hydrogens (primary N) is 1. The molecule has 5 heterocycles. The van der Waals surface area contributed by atoms with Gasteiger partial charge in [-0.2, -0.15) is 0 Å². The van der Waals surface area contributed by atoms with Gasteiger partial charge in [-0.3, -0.25) is 14.5 Å². The Bertz CT molecular complexity index is 1460. The molecule has 0 unspecified atom stereocenters. The van der Waals surface area contributed by atoms with Gasteiger partial charge in [-0.25, -0.2) is 14.0 Å².